The molecule has 0 saturated carbocycles. The van der Waals surface area contributed by atoms with E-state index in [0.29, 0.717) is 5.56 Å². The number of aryl methyl sites for hydroxylation is 1. The molecule has 2 heterocycles. The number of nitrogens with zero attached hydrogens (tertiary/aromatic N) is 4. The summed E-state index contributed by atoms with van der Waals surface area (Å²) in [7, 11) is 1.72. The molecule has 0 aliphatic carbocycles. The Bertz CT molecular complexity index is 1500. The molecule has 1 aromatic heterocycles. The second kappa shape index (κ2) is 12.5. The van der Waals surface area contributed by atoms with Crippen LogP contribution in [-0.2, 0) is 6.54 Å². The maximum atomic E-state index is 12.7. The molecule has 1 amide bonds. The van der Waals surface area contributed by atoms with E-state index in [1.54, 1.807) is 13.3 Å². The molecule has 0 atom stereocenters. The lowest BCUT2D eigenvalue weighted by Crippen LogP contribution is -2.46. The number of halogens is 1. The van der Waals surface area contributed by atoms with E-state index in [2.05, 4.69) is 78.1 Å². The van der Waals surface area contributed by atoms with Crippen LogP contribution >= 0.6 is 15.9 Å². The fourth-order valence-corrected chi connectivity index (χ4v) is 5.60. The largest absolute Gasteiger partial charge is 0.495 e. The van der Waals surface area contributed by atoms with Crippen molar-refractivity contribution in [3.63, 3.8) is 0 Å². The van der Waals surface area contributed by atoms with Crippen LogP contribution in [0.1, 0.15) is 32.9 Å². The number of amides is 1. The van der Waals surface area contributed by atoms with Crippen molar-refractivity contribution in [2.75, 3.05) is 38.2 Å². The lowest BCUT2D eigenvalue weighted by molar-refractivity contribution is 0.0955. The molecule has 3 aromatic carbocycles. The first-order chi connectivity index (χ1) is 19.4. The summed E-state index contributed by atoms with van der Waals surface area (Å²) in [5, 5.41) is 4.24. The molecule has 4 aromatic rings. The summed E-state index contributed by atoms with van der Waals surface area (Å²) in [5.41, 5.74) is 9.78. The van der Waals surface area contributed by atoms with Crippen molar-refractivity contribution in [3.8, 4) is 11.4 Å². The van der Waals surface area contributed by atoms with Crippen molar-refractivity contribution < 1.29 is 9.53 Å². The normalized spacial score (nSPS) is 14.1. The lowest BCUT2D eigenvalue weighted by Gasteiger charge is -2.36. The van der Waals surface area contributed by atoms with Crippen LogP contribution in [0.15, 0.2) is 88.4 Å². The van der Waals surface area contributed by atoms with Gasteiger partial charge >= 0.3 is 0 Å². The third-order valence-electron chi connectivity index (χ3n) is 7.33. The first-order valence-electron chi connectivity index (χ1n) is 13.4. The molecular weight excluding hydrogens is 566 g/mol. The number of methoxy groups -OCH3 is 1. The van der Waals surface area contributed by atoms with Gasteiger partial charge in [0.2, 0.25) is 0 Å². The summed E-state index contributed by atoms with van der Waals surface area (Å²) < 4.78 is 8.73. The van der Waals surface area contributed by atoms with Gasteiger partial charge in [-0.3, -0.25) is 9.69 Å². The van der Waals surface area contributed by atoms with Crippen LogP contribution in [0.4, 0.5) is 5.69 Å². The van der Waals surface area contributed by atoms with E-state index in [4.69, 9.17) is 4.74 Å². The molecule has 40 heavy (non-hydrogen) atoms. The average molecular weight is 601 g/mol. The third-order valence-corrected chi connectivity index (χ3v) is 7.82. The summed E-state index contributed by atoms with van der Waals surface area (Å²) in [6.07, 6.45) is 1.70. The molecule has 206 valence electrons. The number of para-hydroxylation sites is 2. The number of hydrogen-bond acceptors (Lipinski definition) is 5. The Labute approximate surface area is 244 Å². The number of carbonyl (C=O) groups excluding carboxylic acids is 1. The van der Waals surface area contributed by atoms with E-state index < -0.39 is 0 Å². The highest BCUT2D eigenvalue weighted by Crippen LogP contribution is 2.28. The van der Waals surface area contributed by atoms with Crippen molar-refractivity contribution in [1.29, 1.82) is 0 Å². The summed E-state index contributed by atoms with van der Waals surface area (Å²) in [4.78, 5) is 17.5. The number of benzene rings is 3. The smallest absolute Gasteiger partial charge is 0.271 e. The second-order valence-electron chi connectivity index (χ2n) is 9.97. The molecule has 1 aliphatic rings. The van der Waals surface area contributed by atoms with Gasteiger partial charge in [0.25, 0.3) is 5.91 Å². The van der Waals surface area contributed by atoms with Crippen molar-refractivity contribution in [1.82, 2.24) is 14.9 Å². The highest BCUT2D eigenvalue weighted by molar-refractivity contribution is 9.10. The molecule has 1 fully saturated rings. The first kappa shape index (κ1) is 27.7. The van der Waals surface area contributed by atoms with Crippen LogP contribution in [0.2, 0.25) is 0 Å². The molecular formula is C32H34BrN5O2. The predicted molar refractivity (Wildman–Crippen MR) is 165 cm³/mol. The van der Waals surface area contributed by atoms with Gasteiger partial charge in [0, 0.05) is 65.4 Å². The molecule has 1 aliphatic heterocycles. The van der Waals surface area contributed by atoms with Gasteiger partial charge in [-0.05, 0) is 67.9 Å². The monoisotopic (exact) mass is 599 g/mol. The third kappa shape index (κ3) is 6.29. The minimum Gasteiger partial charge on any atom is -0.495 e. The predicted octanol–water partition coefficient (Wildman–Crippen LogP) is 5.95. The van der Waals surface area contributed by atoms with Crippen LogP contribution in [0.25, 0.3) is 5.69 Å². The van der Waals surface area contributed by atoms with E-state index in [1.807, 2.05) is 55.5 Å². The molecule has 0 radical (unpaired) electrons. The standard InChI is InChI=1S/C32H34BrN5O2/c1-23-19-27(24(2)38(23)29-8-6-7-28(33)20-29)21-34-35-32(39)26-13-11-25(12-14-26)22-36-15-17-37(18-16-36)30-9-4-5-10-31(30)40-3/h4-14,19-21H,15-18,22H2,1-3H3,(H,35,39)/b34-21+. The Kier molecular flexibility index (Phi) is 8.67. The minimum atomic E-state index is -0.228. The summed E-state index contributed by atoms with van der Waals surface area (Å²) >= 11 is 3.54. The number of aromatic nitrogens is 1. The van der Waals surface area contributed by atoms with E-state index >= 15 is 0 Å². The zero-order chi connectivity index (χ0) is 28.1. The van der Waals surface area contributed by atoms with Gasteiger partial charge in [-0.15, -0.1) is 0 Å². The SMILES string of the molecule is COc1ccccc1N1CCN(Cc2ccc(C(=O)N/N=C/c3cc(C)n(-c4cccc(Br)c4)c3C)cc2)CC1. The van der Waals surface area contributed by atoms with E-state index in [0.717, 1.165) is 71.3 Å². The number of ether oxygens (including phenoxy) is 1. The molecule has 8 heteroatoms. The van der Waals surface area contributed by atoms with Crippen LogP contribution in [0, 0.1) is 13.8 Å². The molecule has 0 unspecified atom stereocenters. The van der Waals surface area contributed by atoms with Crippen molar-refractivity contribution in [2.45, 2.75) is 20.4 Å². The Morgan fingerprint density at radius 2 is 1.73 bits per heavy atom. The molecule has 0 bridgehead atoms. The summed E-state index contributed by atoms with van der Waals surface area (Å²) in [5.74, 6) is 0.687. The van der Waals surface area contributed by atoms with Crippen molar-refractivity contribution >= 4 is 33.7 Å². The zero-order valence-corrected chi connectivity index (χ0v) is 24.7. The molecule has 1 N–H and O–H groups in total. The number of piperazine rings is 1. The van der Waals surface area contributed by atoms with Gasteiger partial charge in [0.15, 0.2) is 0 Å². The van der Waals surface area contributed by atoms with Gasteiger partial charge in [-0.1, -0.05) is 46.3 Å². The van der Waals surface area contributed by atoms with Crippen LogP contribution in [-0.4, -0.2) is 54.9 Å². The van der Waals surface area contributed by atoms with Crippen molar-refractivity contribution in [2.24, 2.45) is 5.10 Å². The molecule has 5 rings (SSSR count). The Morgan fingerprint density at radius 1 is 0.975 bits per heavy atom. The Balaban J connectivity index is 1.14. The van der Waals surface area contributed by atoms with Crippen molar-refractivity contribution in [3.05, 3.63) is 111 Å². The van der Waals surface area contributed by atoms with E-state index in [1.165, 1.54) is 5.56 Å². The highest BCUT2D eigenvalue weighted by atomic mass is 79.9. The molecule has 7 nitrogen and oxygen atoms in total. The van der Waals surface area contributed by atoms with Crippen LogP contribution < -0.4 is 15.1 Å². The second-order valence-corrected chi connectivity index (χ2v) is 10.9. The van der Waals surface area contributed by atoms with Crippen LogP contribution in [0.5, 0.6) is 5.75 Å². The number of hydrogen-bond donors (Lipinski definition) is 1. The Morgan fingerprint density at radius 3 is 2.45 bits per heavy atom. The number of hydrazone groups is 1. The average Bonchev–Trinajstić information content (AvgIpc) is 3.26. The number of rotatable bonds is 8. The maximum absolute atomic E-state index is 12.7. The number of carbonyl (C=O) groups is 1. The van der Waals surface area contributed by atoms with Gasteiger partial charge in [-0.2, -0.15) is 5.10 Å². The molecule has 1 saturated heterocycles. The van der Waals surface area contributed by atoms with E-state index in [-0.39, 0.29) is 5.91 Å². The summed E-state index contributed by atoms with van der Waals surface area (Å²) in [6, 6.07) is 26.2. The highest BCUT2D eigenvalue weighted by Gasteiger charge is 2.19. The van der Waals surface area contributed by atoms with E-state index in [9.17, 15) is 4.79 Å². The maximum Gasteiger partial charge on any atom is 0.271 e. The first-order valence-corrected chi connectivity index (χ1v) is 14.2. The lowest BCUT2D eigenvalue weighted by atomic mass is 10.1. The minimum absolute atomic E-state index is 0.228. The van der Waals surface area contributed by atoms with Gasteiger partial charge in [-0.25, -0.2) is 5.43 Å². The summed E-state index contributed by atoms with van der Waals surface area (Å²) in [6.45, 7) is 8.80. The number of anilines is 1. The number of nitrogens with one attached hydrogen (secondary N) is 1. The van der Waals surface area contributed by atoms with Gasteiger partial charge in [0.1, 0.15) is 5.75 Å². The fraction of sp³-hybridized carbons (Fsp3) is 0.250. The van der Waals surface area contributed by atoms with Gasteiger partial charge < -0.3 is 14.2 Å². The zero-order valence-electron chi connectivity index (χ0n) is 23.1. The molecule has 0 spiro atoms. The Hall–Kier alpha value is -3.88. The van der Waals surface area contributed by atoms with Gasteiger partial charge in [0.05, 0.1) is 19.0 Å². The van der Waals surface area contributed by atoms with Crippen LogP contribution in [0.3, 0.4) is 0 Å². The fourth-order valence-electron chi connectivity index (χ4n) is 5.21. The quantitative estimate of drug-likeness (QED) is 0.201. The topological polar surface area (TPSA) is 62.1 Å².